The lowest BCUT2D eigenvalue weighted by Gasteiger charge is -2.31. The maximum Gasteiger partial charge on any atom is 0.227 e. The van der Waals surface area contributed by atoms with E-state index in [1.165, 1.54) is 5.56 Å². The van der Waals surface area contributed by atoms with Crippen molar-refractivity contribution >= 4 is 16.9 Å². The number of hydrogen-bond donors (Lipinski definition) is 0. The summed E-state index contributed by atoms with van der Waals surface area (Å²) >= 11 is 0. The number of amides is 1. The number of likely N-dealkylation sites (tertiary alicyclic amines) is 1. The zero-order chi connectivity index (χ0) is 18.1. The molecule has 3 heterocycles. The lowest BCUT2D eigenvalue weighted by Crippen LogP contribution is -2.39. The van der Waals surface area contributed by atoms with Crippen LogP contribution in [0.5, 0.6) is 0 Å². The Hall–Kier alpha value is -2.56. The third-order valence-corrected chi connectivity index (χ3v) is 5.54. The van der Waals surface area contributed by atoms with Gasteiger partial charge in [-0.15, -0.1) is 0 Å². The van der Waals surface area contributed by atoms with Crippen LogP contribution < -0.4 is 0 Å². The molecule has 1 fully saturated rings. The van der Waals surface area contributed by atoms with Crippen LogP contribution in [0.3, 0.4) is 0 Å². The van der Waals surface area contributed by atoms with Crippen molar-refractivity contribution in [2.24, 2.45) is 7.05 Å². The predicted octanol–water partition coefficient (Wildman–Crippen LogP) is 3.68. The summed E-state index contributed by atoms with van der Waals surface area (Å²) in [5, 5.41) is 1.07. The number of benzene rings is 1. The number of rotatable bonds is 4. The smallest absolute Gasteiger partial charge is 0.227 e. The highest BCUT2D eigenvalue weighted by atomic mass is 16.3. The molecule has 1 aromatic carbocycles. The molecule has 0 N–H and O–H groups in total. The van der Waals surface area contributed by atoms with E-state index in [0.717, 1.165) is 54.7 Å². The van der Waals surface area contributed by atoms with Crippen LogP contribution in [-0.2, 0) is 24.7 Å². The minimum atomic E-state index is 0.188. The largest absolute Gasteiger partial charge is 0.464 e. The molecule has 26 heavy (non-hydrogen) atoms. The first-order valence-corrected chi connectivity index (χ1v) is 9.39. The highest BCUT2D eigenvalue weighted by Crippen LogP contribution is 2.28. The molecule has 0 spiro atoms. The van der Waals surface area contributed by atoms with Crippen LogP contribution in [0.25, 0.3) is 11.0 Å². The van der Waals surface area contributed by atoms with Gasteiger partial charge in [0.2, 0.25) is 5.91 Å². The van der Waals surface area contributed by atoms with Crippen molar-refractivity contribution in [3.8, 4) is 0 Å². The van der Waals surface area contributed by atoms with Crippen molar-refractivity contribution in [2.45, 2.75) is 38.5 Å². The monoisotopic (exact) mass is 351 g/mol. The van der Waals surface area contributed by atoms with E-state index in [9.17, 15) is 4.79 Å². The van der Waals surface area contributed by atoms with E-state index in [4.69, 9.17) is 4.42 Å². The van der Waals surface area contributed by atoms with Gasteiger partial charge in [0.1, 0.15) is 11.4 Å². The Balaban J connectivity index is 1.42. The van der Waals surface area contributed by atoms with Gasteiger partial charge in [-0.05, 0) is 37.0 Å². The lowest BCUT2D eigenvalue weighted by molar-refractivity contribution is -0.131. The number of aryl methyl sites for hydroxylation is 2. The number of carbonyl (C=O) groups is 1. The molecule has 0 unspecified atom stereocenters. The average molecular weight is 351 g/mol. The van der Waals surface area contributed by atoms with Crippen molar-refractivity contribution < 1.29 is 9.21 Å². The summed E-state index contributed by atoms with van der Waals surface area (Å²) in [5.41, 5.74) is 3.12. The van der Waals surface area contributed by atoms with Crippen molar-refractivity contribution in [1.82, 2.24) is 14.5 Å². The third-order valence-electron chi connectivity index (χ3n) is 5.54. The fraction of sp³-hybridized carbons (Fsp3) is 0.429. The van der Waals surface area contributed by atoms with Crippen LogP contribution in [-0.4, -0.2) is 33.4 Å². The first-order valence-electron chi connectivity index (χ1n) is 9.39. The van der Waals surface area contributed by atoms with Gasteiger partial charge in [-0.1, -0.05) is 13.0 Å². The van der Waals surface area contributed by atoms with E-state index in [1.54, 1.807) is 6.26 Å². The fourth-order valence-electron chi connectivity index (χ4n) is 3.92. The summed E-state index contributed by atoms with van der Waals surface area (Å²) in [4.78, 5) is 19.2. The molecule has 0 aliphatic carbocycles. The van der Waals surface area contributed by atoms with Crippen LogP contribution >= 0.6 is 0 Å². The minimum Gasteiger partial charge on any atom is -0.464 e. The lowest BCUT2D eigenvalue weighted by atomic mass is 9.95. The molecule has 1 saturated heterocycles. The van der Waals surface area contributed by atoms with Crippen LogP contribution in [0.1, 0.15) is 42.6 Å². The van der Waals surface area contributed by atoms with E-state index >= 15 is 0 Å². The molecule has 0 saturated carbocycles. The SMILES string of the molecule is CCc1ccc2occ(CC(=O)N3CCC(c4nccn4C)CC3)c2c1. The summed E-state index contributed by atoms with van der Waals surface area (Å²) in [6.07, 6.45) is 8.92. The number of imidazole rings is 1. The molecule has 5 heteroatoms. The molecule has 1 aliphatic rings. The van der Waals surface area contributed by atoms with Gasteiger partial charge in [0.05, 0.1) is 12.7 Å². The molecule has 2 aromatic heterocycles. The van der Waals surface area contributed by atoms with Gasteiger partial charge in [-0.25, -0.2) is 4.98 Å². The maximum absolute atomic E-state index is 12.8. The molecule has 0 atom stereocenters. The van der Waals surface area contributed by atoms with Gasteiger partial charge < -0.3 is 13.9 Å². The highest BCUT2D eigenvalue weighted by Gasteiger charge is 2.26. The molecule has 5 nitrogen and oxygen atoms in total. The van der Waals surface area contributed by atoms with E-state index in [-0.39, 0.29) is 5.91 Å². The van der Waals surface area contributed by atoms with Crippen molar-refractivity contribution in [3.05, 3.63) is 53.8 Å². The Morgan fingerprint density at radius 3 is 2.81 bits per heavy atom. The molecule has 1 amide bonds. The minimum absolute atomic E-state index is 0.188. The molecule has 1 aliphatic heterocycles. The number of hydrogen-bond acceptors (Lipinski definition) is 3. The fourth-order valence-corrected chi connectivity index (χ4v) is 3.92. The van der Waals surface area contributed by atoms with Crippen molar-refractivity contribution in [1.29, 1.82) is 0 Å². The van der Waals surface area contributed by atoms with Gasteiger partial charge >= 0.3 is 0 Å². The molecule has 3 aromatic rings. The van der Waals surface area contributed by atoms with Gasteiger partial charge in [0.15, 0.2) is 0 Å². The van der Waals surface area contributed by atoms with Crippen molar-refractivity contribution in [3.63, 3.8) is 0 Å². The Kier molecular flexibility index (Phi) is 4.53. The third kappa shape index (κ3) is 3.14. The summed E-state index contributed by atoms with van der Waals surface area (Å²) in [7, 11) is 2.04. The molecule has 0 radical (unpaired) electrons. The molecular weight excluding hydrogens is 326 g/mol. The highest BCUT2D eigenvalue weighted by molar-refractivity contribution is 5.88. The molecule has 0 bridgehead atoms. The maximum atomic E-state index is 12.8. The zero-order valence-corrected chi connectivity index (χ0v) is 15.4. The van der Waals surface area contributed by atoms with Crippen LogP contribution in [0.15, 0.2) is 41.3 Å². The van der Waals surface area contributed by atoms with E-state index in [2.05, 4.69) is 28.6 Å². The summed E-state index contributed by atoms with van der Waals surface area (Å²) in [6, 6.07) is 6.23. The normalized spacial score (nSPS) is 15.7. The second kappa shape index (κ2) is 6.98. The standard InChI is InChI=1S/C21H25N3O2/c1-3-15-4-5-19-18(12-15)17(14-26-19)13-20(25)24-9-6-16(7-10-24)21-22-8-11-23(21)2/h4-5,8,11-12,14,16H,3,6-7,9-10,13H2,1-2H3. The Bertz CT molecular complexity index is 916. The van der Waals surface area contributed by atoms with Gasteiger partial charge in [0, 0.05) is 49.4 Å². The second-order valence-electron chi connectivity index (χ2n) is 7.17. The number of carbonyl (C=O) groups excluding carboxylic acids is 1. The summed E-state index contributed by atoms with van der Waals surface area (Å²) in [6.45, 7) is 3.73. The van der Waals surface area contributed by atoms with Gasteiger partial charge in [-0.2, -0.15) is 0 Å². The second-order valence-corrected chi connectivity index (χ2v) is 7.17. The summed E-state index contributed by atoms with van der Waals surface area (Å²) in [5.74, 6) is 1.76. The van der Waals surface area contributed by atoms with Gasteiger partial charge in [0.25, 0.3) is 0 Å². The average Bonchev–Trinajstić information content (AvgIpc) is 3.27. The van der Waals surface area contributed by atoms with Gasteiger partial charge in [-0.3, -0.25) is 4.79 Å². The Labute approximate surface area is 153 Å². The quantitative estimate of drug-likeness (QED) is 0.720. The zero-order valence-electron chi connectivity index (χ0n) is 15.4. The number of furan rings is 1. The Morgan fingerprint density at radius 1 is 1.31 bits per heavy atom. The first-order chi connectivity index (χ1) is 12.7. The number of piperidine rings is 1. The predicted molar refractivity (Wildman–Crippen MR) is 101 cm³/mol. The molecule has 136 valence electrons. The van der Waals surface area contributed by atoms with Crippen LogP contribution in [0.4, 0.5) is 0 Å². The van der Waals surface area contributed by atoms with Crippen LogP contribution in [0.2, 0.25) is 0 Å². The number of aromatic nitrogens is 2. The summed E-state index contributed by atoms with van der Waals surface area (Å²) < 4.78 is 7.72. The van der Waals surface area contributed by atoms with Crippen molar-refractivity contribution in [2.75, 3.05) is 13.1 Å². The topological polar surface area (TPSA) is 51.3 Å². The van der Waals surface area contributed by atoms with E-state index in [1.807, 2.05) is 30.4 Å². The first kappa shape index (κ1) is 16.9. The van der Waals surface area contributed by atoms with E-state index < -0.39 is 0 Å². The molecular formula is C21H25N3O2. The van der Waals surface area contributed by atoms with E-state index in [0.29, 0.717) is 12.3 Å². The van der Waals surface area contributed by atoms with Crippen LogP contribution in [0, 0.1) is 0 Å². The Morgan fingerprint density at radius 2 is 2.12 bits per heavy atom. The number of nitrogens with zero attached hydrogens (tertiary/aromatic N) is 3. The number of fused-ring (bicyclic) bond motifs is 1. The molecule has 4 rings (SSSR count).